The third-order valence-electron chi connectivity index (χ3n) is 4.72. The molecule has 2 aliphatic heterocycles. The zero-order valence-electron chi connectivity index (χ0n) is 15.8. The molecule has 2 fully saturated rings. The van der Waals surface area contributed by atoms with Crippen LogP contribution in [0.3, 0.4) is 0 Å². The Labute approximate surface area is 155 Å². The van der Waals surface area contributed by atoms with Gasteiger partial charge in [0, 0.05) is 65.1 Å². The second-order valence-corrected chi connectivity index (χ2v) is 8.76. The maximum Gasteiger partial charge on any atom is 0.282 e. The number of morpholine rings is 1. The van der Waals surface area contributed by atoms with E-state index in [1.165, 1.54) is 4.31 Å². The van der Waals surface area contributed by atoms with Crippen molar-refractivity contribution in [3.05, 3.63) is 11.8 Å². The Morgan fingerprint density at radius 3 is 2.42 bits per heavy atom. The van der Waals surface area contributed by atoms with E-state index in [4.69, 9.17) is 4.74 Å². The Bertz CT molecular complexity index is 721. The van der Waals surface area contributed by atoms with Crippen molar-refractivity contribution in [1.82, 2.24) is 18.6 Å². The van der Waals surface area contributed by atoms with E-state index in [9.17, 15) is 8.42 Å². The molecule has 0 aliphatic carbocycles. The van der Waals surface area contributed by atoms with Gasteiger partial charge in [-0.25, -0.2) is 4.98 Å². The number of hydrogen-bond acceptors (Lipinski definition) is 7. The van der Waals surface area contributed by atoms with E-state index < -0.39 is 10.2 Å². The summed E-state index contributed by atoms with van der Waals surface area (Å²) in [6.07, 6.45) is 2.57. The molecule has 2 aliphatic rings. The number of rotatable bonds is 4. The summed E-state index contributed by atoms with van der Waals surface area (Å²) < 4.78 is 34.1. The quantitative estimate of drug-likeness (QED) is 0.719. The average Bonchev–Trinajstić information content (AvgIpc) is 2.89. The average molecular weight is 385 g/mol. The lowest BCUT2D eigenvalue weighted by Crippen LogP contribution is -2.49. The van der Waals surface area contributed by atoms with Crippen LogP contribution in [0.2, 0.25) is 0 Å². The van der Waals surface area contributed by atoms with E-state index in [0.717, 1.165) is 24.3 Å². The summed E-state index contributed by atoms with van der Waals surface area (Å²) in [6, 6.07) is 0. The molecule has 1 aromatic heterocycles. The molecule has 26 heavy (non-hydrogen) atoms. The fourth-order valence-electron chi connectivity index (χ4n) is 3.29. The molecule has 3 rings (SSSR count). The molecular weight excluding hydrogens is 356 g/mol. The standard InChI is InChI=1S/C16H28N6O3S/c1-14-13-17-16(18-15(14)19(2)3)20-5-4-6-21(8-7-20)26(23,24)22-9-11-25-12-10-22/h13H,4-12H2,1-3H3. The summed E-state index contributed by atoms with van der Waals surface area (Å²) in [4.78, 5) is 13.2. The maximum atomic E-state index is 12.9. The monoisotopic (exact) mass is 384 g/mol. The first-order chi connectivity index (χ1) is 12.4. The molecule has 1 aromatic rings. The summed E-state index contributed by atoms with van der Waals surface area (Å²) in [7, 11) is 0.482. The molecule has 0 spiro atoms. The molecule has 0 bridgehead atoms. The smallest absolute Gasteiger partial charge is 0.282 e. The molecular formula is C16H28N6O3S. The van der Waals surface area contributed by atoms with Crippen molar-refractivity contribution in [3.8, 4) is 0 Å². The van der Waals surface area contributed by atoms with Gasteiger partial charge in [0.15, 0.2) is 0 Å². The fourth-order valence-corrected chi connectivity index (χ4v) is 4.90. The van der Waals surface area contributed by atoms with Crippen LogP contribution in [0.25, 0.3) is 0 Å². The summed E-state index contributed by atoms with van der Waals surface area (Å²) in [5, 5.41) is 0. The van der Waals surface area contributed by atoms with E-state index >= 15 is 0 Å². The van der Waals surface area contributed by atoms with Crippen LogP contribution in [-0.4, -0.2) is 93.6 Å². The normalized spacial score (nSPS) is 20.8. The Morgan fingerprint density at radius 1 is 1.04 bits per heavy atom. The first-order valence-electron chi connectivity index (χ1n) is 8.98. The number of aryl methyl sites for hydroxylation is 1. The molecule has 0 N–H and O–H groups in total. The van der Waals surface area contributed by atoms with Gasteiger partial charge in [-0.15, -0.1) is 0 Å². The number of nitrogens with zero attached hydrogens (tertiary/aromatic N) is 6. The van der Waals surface area contributed by atoms with E-state index in [1.54, 1.807) is 4.31 Å². The van der Waals surface area contributed by atoms with Crippen LogP contribution in [-0.2, 0) is 14.9 Å². The SMILES string of the molecule is Cc1cnc(N2CCCN(S(=O)(=O)N3CCOCC3)CC2)nc1N(C)C. The van der Waals surface area contributed by atoms with Crippen molar-refractivity contribution < 1.29 is 13.2 Å². The molecule has 0 amide bonds. The summed E-state index contributed by atoms with van der Waals surface area (Å²) in [5.41, 5.74) is 1.02. The minimum absolute atomic E-state index is 0.426. The summed E-state index contributed by atoms with van der Waals surface area (Å²) in [6.45, 7) is 6.04. The molecule has 0 atom stereocenters. The van der Waals surface area contributed by atoms with Gasteiger partial charge in [-0.05, 0) is 13.3 Å². The van der Waals surface area contributed by atoms with Crippen LogP contribution in [0.5, 0.6) is 0 Å². The highest BCUT2D eigenvalue weighted by Gasteiger charge is 2.32. The predicted octanol–water partition coefficient (Wildman–Crippen LogP) is -0.0599. The Balaban J connectivity index is 1.71. The van der Waals surface area contributed by atoms with Gasteiger partial charge in [0.25, 0.3) is 10.2 Å². The number of hydrogen-bond donors (Lipinski definition) is 0. The van der Waals surface area contributed by atoms with Gasteiger partial charge >= 0.3 is 0 Å². The molecule has 10 heteroatoms. The first-order valence-corrected chi connectivity index (χ1v) is 10.4. The van der Waals surface area contributed by atoms with Crippen molar-refractivity contribution in [2.75, 3.05) is 76.4 Å². The molecule has 0 aromatic carbocycles. The van der Waals surface area contributed by atoms with Crippen LogP contribution < -0.4 is 9.80 Å². The Kier molecular flexibility index (Phi) is 5.96. The van der Waals surface area contributed by atoms with Gasteiger partial charge in [0.1, 0.15) is 5.82 Å². The second kappa shape index (κ2) is 8.03. The number of aromatic nitrogens is 2. The van der Waals surface area contributed by atoms with Crippen molar-refractivity contribution in [1.29, 1.82) is 0 Å². The van der Waals surface area contributed by atoms with Gasteiger partial charge in [-0.2, -0.15) is 22.0 Å². The highest BCUT2D eigenvalue weighted by molar-refractivity contribution is 7.86. The van der Waals surface area contributed by atoms with Gasteiger partial charge in [-0.1, -0.05) is 0 Å². The van der Waals surface area contributed by atoms with Crippen LogP contribution in [0.4, 0.5) is 11.8 Å². The third-order valence-corrected chi connectivity index (χ3v) is 6.75. The van der Waals surface area contributed by atoms with E-state index in [0.29, 0.717) is 51.9 Å². The molecule has 0 unspecified atom stereocenters. The zero-order valence-corrected chi connectivity index (χ0v) is 16.6. The van der Waals surface area contributed by atoms with Crippen molar-refractivity contribution >= 4 is 22.0 Å². The lowest BCUT2D eigenvalue weighted by Gasteiger charge is -2.31. The lowest BCUT2D eigenvalue weighted by molar-refractivity contribution is 0.0703. The first kappa shape index (κ1) is 19.3. The van der Waals surface area contributed by atoms with Crippen LogP contribution in [0, 0.1) is 6.92 Å². The third kappa shape index (κ3) is 4.08. The summed E-state index contributed by atoms with van der Waals surface area (Å²) in [5.74, 6) is 1.54. The van der Waals surface area contributed by atoms with E-state index in [2.05, 4.69) is 14.9 Å². The predicted molar refractivity (Wildman–Crippen MR) is 101 cm³/mol. The van der Waals surface area contributed by atoms with Crippen molar-refractivity contribution in [3.63, 3.8) is 0 Å². The molecule has 2 saturated heterocycles. The minimum Gasteiger partial charge on any atom is -0.379 e. The van der Waals surface area contributed by atoms with E-state index in [-0.39, 0.29) is 0 Å². The Morgan fingerprint density at radius 2 is 1.73 bits per heavy atom. The van der Waals surface area contributed by atoms with Gasteiger partial charge in [0.05, 0.1) is 13.2 Å². The zero-order chi connectivity index (χ0) is 18.7. The molecule has 146 valence electrons. The number of ether oxygens (including phenoxy) is 1. The molecule has 3 heterocycles. The van der Waals surface area contributed by atoms with E-state index in [1.807, 2.05) is 32.1 Å². The molecule has 0 radical (unpaired) electrons. The highest BCUT2D eigenvalue weighted by atomic mass is 32.2. The van der Waals surface area contributed by atoms with Crippen LogP contribution in [0.1, 0.15) is 12.0 Å². The lowest BCUT2D eigenvalue weighted by atomic mass is 10.3. The summed E-state index contributed by atoms with van der Waals surface area (Å²) >= 11 is 0. The maximum absolute atomic E-state index is 12.9. The van der Waals surface area contributed by atoms with Gasteiger partial charge in [-0.3, -0.25) is 0 Å². The Hall–Kier alpha value is -1.49. The number of anilines is 2. The fraction of sp³-hybridized carbons (Fsp3) is 0.750. The molecule has 0 saturated carbocycles. The highest BCUT2D eigenvalue weighted by Crippen LogP contribution is 2.20. The van der Waals surface area contributed by atoms with Crippen LogP contribution >= 0.6 is 0 Å². The van der Waals surface area contributed by atoms with Gasteiger partial charge in [0.2, 0.25) is 5.95 Å². The molecule has 9 nitrogen and oxygen atoms in total. The minimum atomic E-state index is -3.43. The second-order valence-electron chi connectivity index (χ2n) is 6.83. The van der Waals surface area contributed by atoms with Crippen molar-refractivity contribution in [2.45, 2.75) is 13.3 Å². The van der Waals surface area contributed by atoms with Gasteiger partial charge < -0.3 is 14.5 Å². The largest absolute Gasteiger partial charge is 0.379 e. The van der Waals surface area contributed by atoms with Crippen LogP contribution in [0.15, 0.2) is 6.20 Å². The topological polar surface area (TPSA) is 82.1 Å². The van der Waals surface area contributed by atoms with Crippen molar-refractivity contribution in [2.24, 2.45) is 0 Å².